The van der Waals surface area contributed by atoms with Crippen molar-refractivity contribution in [3.63, 3.8) is 0 Å². The van der Waals surface area contributed by atoms with Gasteiger partial charge >= 0.3 is 0 Å². The van der Waals surface area contributed by atoms with Gasteiger partial charge in [-0.15, -0.1) is 0 Å². The number of amides is 1. The highest BCUT2D eigenvalue weighted by molar-refractivity contribution is 5.75. The lowest BCUT2D eigenvalue weighted by Crippen LogP contribution is -2.29. The molecule has 4 heteroatoms. The average Bonchev–Trinajstić information content (AvgIpc) is 2.52. The summed E-state index contributed by atoms with van der Waals surface area (Å²) in [6, 6.07) is 15.5. The van der Waals surface area contributed by atoms with Crippen molar-refractivity contribution in [3.05, 3.63) is 59.7 Å². The topological polar surface area (TPSA) is 47.6 Å². The van der Waals surface area contributed by atoms with Crippen LogP contribution in [0.2, 0.25) is 0 Å². The molecule has 23 heavy (non-hydrogen) atoms. The molecule has 0 bridgehead atoms. The summed E-state index contributed by atoms with van der Waals surface area (Å²) in [4.78, 5) is 11.7. The molecule has 4 nitrogen and oxygen atoms in total. The summed E-state index contributed by atoms with van der Waals surface area (Å²) in [5, 5.41) is 2.82. The zero-order chi connectivity index (χ0) is 16.5. The smallest absolute Gasteiger partial charge is 0.223 e. The second-order valence-electron chi connectivity index (χ2n) is 5.43. The molecule has 0 spiro atoms. The Kier molecular flexibility index (Phi) is 6.48. The molecule has 0 heterocycles. The van der Waals surface area contributed by atoms with E-state index in [2.05, 4.69) is 11.4 Å². The second-order valence-corrected chi connectivity index (χ2v) is 5.43. The van der Waals surface area contributed by atoms with Crippen LogP contribution in [-0.2, 0) is 4.79 Å². The summed E-state index contributed by atoms with van der Waals surface area (Å²) in [6.07, 6.45) is 0.332. The number of hydrogen-bond acceptors (Lipinski definition) is 3. The molecule has 0 saturated carbocycles. The Labute approximate surface area is 137 Å². The van der Waals surface area contributed by atoms with E-state index >= 15 is 0 Å². The van der Waals surface area contributed by atoms with Gasteiger partial charge in [0.2, 0.25) is 5.91 Å². The molecule has 0 aliphatic rings. The number of rotatable bonds is 8. The molecule has 1 N–H and O–H groups in total. The molecule has 2 aromatic carbocycles. The van der Waals surface area contributed by atoms with Crippen molar-refractivity contribution in [3.8, 4) is 11.5 Å². The van der Waals surface area contributed by atoms with Crippen LogP contribution in [0.5, 0.6) is 11.5 Å². The summed E-state index contributed by atoms with van der Waals surface area (Å²) in [5.74, 6) is 1.58. The number of benzene rings is 2. The lowest BCUT2D eigenvalue weighted by Gasteiger charge is -2.10. The predicted molar refractivity (Wildman–Crippen MR) is 91.0 cm³/mol. The molecule has 2 rings (SSSR count). The van der Waals surface area contributed by atoms with E-state index < -0.39 is 0 Å². The Morgan fingerprint density at radius 3 is 2.26 bits per heavy atom. The molecule has 0 unspecified atom stereocenters. The van der Waals surface area contributed by atoms with Crippen LogP contribution in [0.3, 0.4) is 0 Å². The molecule has 0 saturated heterocycles. The molecule has 2 aromatic rings. The summed E-state index contributed by atoms with van der Waals surface area (Å²) >= 11 is 0. The summed E-state index contributed by atoms with van der Waals surface area (Å²) in [7, 11) is 0. The molecule has 122 valence electrons. The second kappa shape index (κ2) is 8.83. The van der Waals surface area contributed by atoms with Crippen molar-refractivity contribution in [1.82, 2.24) is 5.32 Å². The number of hydrogen-bond donors (Lipinski definition) is 1. The van der Waals surface area contributed by atoms with Gasteiger partial charge in [0.15, 0.2) is 0 Å². The summed E-state index contributed by atoms with van der Waals surface area (Å²) in [6.45, 7) is 5.38. The fourth-order valence-corrected chi connectivity index (χ4v) is 2.24. The first-order chi connectivity index (χ1) is 11.1. The highest BCUT2D eigenvalue weighted by Crippen LogP contribution is 2.15. The maximum Gasteiger partial charge on any atom is 0.223 e. The Balaban J connectivity index is 1.59. The van der Waals surface area contributed by atoms with Gasteiger partial charge in [-0.25, -0.2) is 0 Å². The minimum absolute atomic E-state index is 0.0371. The minimum Gasteiger partial charge on any atom is -0.493 e. The van der Waals surface area contributed by atoms with E-state index in [9.17, 15) is 4.79 Å². The monoisotopic (exact) mass is 313 g/mol. The molecular weight excluding hydrogens is 290 g/mol. The van der Waals surface area contributed by atoms with Crippen LogP contribution in [0.15, 0.2) is 48.5 Å². The number of ether oxygens (including phenoxy) is 2. The van der Waals surface area contributed by atoms with Crippen LogP contribution in [0.25, 0.3) is 0 Å². The maximum atomic E-state index is 11.7. The summed E-state index contributed by atoms with van der Waals surface area (Å²) < 4.78 is 11.1. The van der Waals surface area contributed by atoms with Gasteiger partial charge in [-0.05, 0) is 49.2 Å². The van der Waals surface area contributed by atoms with E-state index in [1.807, 2.05) is 56.3 Å². The Morgan fingerprint density at radius 2 is 1.57 bits per heavy atom. The molecule has 0 aliphatic carbocycles. The van der Waals surface area contributed by atoms with Crippen molar-refractivity contribution in [2.45, 2.75) is 20.3 Å². The maximum absolute atomic E-state index is 11.7. The first kappa shape index (κ1) is 16.9. The summed E-state index contributed by atoms with van der Waals surface area (Å²) in [5.41, 5.74) is 2.34. The molecule has 0 radical (unpaired) electrons. The van der Waals surface area contributed by atoms with E-state index in [1.54, 1.807) is 0 Å². The van der Waals surface area contributed by atoms with Gasteiger partial charge in [0, 0.05) is 0 Å². The number of para-hydroxylation sites is 1. The number of carbonyl (C=O) groups is 1. The van der Waals surface area contributed by atoms with Gasteiger partial charge in [-0.3, -0.25) is 4.79 Å². The van der Waals surface area contributed by atoms with Gasteiger partial charge in [0.05, 0.1) is 19.6 Å². The molecule has 0 aliphatic heterocycles. The van der Waals surface area contributed by atoms with E-state index in [-0.39, 0.29) is 5.91 Å². The third-order valence-electron chi connectivity index (χ3n) is 3.23. The highest BCUT2D eigenvalue weighted by atomic mass is 16.5. The average molecular weight is 313 g/mol. The standard InChI is InChI=1S/C19H23NO3/c1-15-12-16(2)14-18(13-15)23-11-9-20-19(21)8-10-22-17-6-4-3-5-7-17/h3-7,12-14H,8-11H2,1-2H3,(H,20,21). The van der Waals surface area contributed by atoms with Crippen molar-refractivity contribution >= 4 is 5.91 Å². The third kappa shape index (κ3) is 6.43. The highest BCUT2D eigenvalue weighted by Gasteiger charge is 2.02. The largest absolute Gasteiger partial charge is 0.493 e. The van der Waals surface area contributed by atoms with Gasteiger partial charge in [-0.1, -0.05) is 24.3 Å². The molecule has 0 fully saturated rings. The van der Waals surface area contributed by atoms with Gasteiger partial charge in [0.25, 0.3) is 0 Å². The molecule has 0 aromatic heterocycles. The van der Waals surface area contributed by atoms with E-state index in [1.165, 1.54) is 11.1 Å². The van der Waals surface area contributed by atoms with E-state index in [0.717, 1.165) is 11.5 Å². The minimum atomic E-state index is -0.0371. The zero-order valence-electron chi connectivity index (χ0n) is 13.7. The van der Waals surface area contributed by atoms with Crippen LogP contribution >= 0.6 is 0 Å². The Morgan fingerprint density at radius 1 is 0.913 bits per heavy atom. The Bertz CT molecular complexity index is 606. The van der Waals surface area contributed by atoms with Crippen LogP contribution in [-0.4, -0.2) is 25.7 Å². The lowest BCUT2D eigenvalue weighted by molar-refractivity contribution is -0.121. The molecule has 1 amide bonds. The quantitative estimate of drug-likeness (QED) is 0.761. The normalized spacial score (nSPS) is 10.2. The first-order valence-electron chi connectivity index (χ1n) is 7.79. The van der Waals surface area contributed by atoms with Crippen LogP contribution in [0.4, 0.5) is 0 Å². The predicted octanol–water partition coefficient (Wildman–Crippen LogP) is 3.27. The SMILES string of the molecule is Cc1cc(C)cc(OCCNC(=O)CCOc2ccccc2)c1. The number of nitrogens with one attached hydrogen (secondary N) is 1. The fraction of sp³-hybridized carbons (Fsp3) is 0.316. The van der Waals surface area contributed by atoms with Gasteiger partial charge in [-0.2, -0.15) is 0 Å². The third-order valence-corrected chi connectivity index (χ3v) is 3.23. The Hall–Kier alpha value is -2.49. The van der Waals surface area contributed by atoms with Crippen LogP contribution in [0.1, 0.15) is 17.5 Å². The molecular formula is C19H23NO3. The van der Waals surface area contributed by atoms with Crippen molar-refractivity contribution in [1.29, 1.82) is 0 Å². The fourth-order valence-electron chi connectivity index (χ4n) is 2.24. The van der Waals surface area contributed by atoms with Crippen molar-refractivity contribution in [2.75, 3.05) is 19.8 Å². The van der Waals surface area contributed by atoms with Gasteiger partial charge in [0.1, 0.15) is 18.1 Å². The number of carbonyl (C=O) groups excluding carboxylic acids is 1. The molecule has 0 atom stereocenters. The zero-order valence-corrected chi connectivity index (χ0v) is 13.7. The van der Waals surface area contributed by atoms with E-state index in [0.29, 0.717) is 26.2 Å². The van der Waals surface area contributed by atoms with Crippen molar-refractivity contribution < 1.29 is 14.3 Å². The lowest BCUT2D eigenvalue weighted by atomic mass is 10.1. The first-order valence-corrected chi connectivity index (χ1v) is 7.79. The van der Waals surface area contributed by atoms with E-state index in [4.69, 9.17) is 9.47 Å². The van der Waals surface area contributed by atoms with Crippen LogP contribution < -0.4 is 14.8 Å². The van der Waals surface area contributed by atoms with Crippen LogP contribution in [0, 0.1) is 13.8 Å². The number of aryl methyl sites for hydroxylation is 2. The van der Waals surface area contributed by atoms with Crippen molar-refractivity contribution in [2.24, 2.45) is 0 Å². The van der Waals surface area contributed by atoms with Gasteiger partial charge < -0.3 is 14.8 Å².